The average Bonchev–Trinajstić information content (AvgIpc) is 2.85. The summed E-state index contributed by atoms with van der Waals surface area (Å²) in [4.78, 5) is 12.6. The molecule has 0 spiro atoms. The number of carbonyl (C=O) groups is 1. The smallest absolute Gasteiger partial charge is 0.278 e. The van der Waals surface area contributed by atoms with E-state index in [9.17, 15) is 4.79 Å². The Hall–Kier alpha value is -2.50. The van der Waals surface area contributed by atoms with Crippen LogP contribution in [0.2, 0.25) is 0 Å². The fourth-order valence-electron chi connectivity index (χ4n) is 2.25. The normalized spacial score (nSPS) is 10.4. The monoisotopic (exact) mass is 304 g/mol. The highest BCUT2D eigenvalue weighted by molar-refractivity contribution is 5.97. The van der Waals surface area contributed by atoms with E-state index in [1.807, 2.05) is 26.8 Å². The topological polar surface area (TPSA) is 62.6 Å². The highest BCUT2D eigenvalue weighted by Gasteiger charge is 2.20. The van der Waals surface area contributed by atoms with E-state index in [0.29, 0.717) is 29.4 Å². The van der Waals surface area contributed by atoms with Gasteiger partial charge in [-0.2, -0.15) is 5.10 Å². The lowest BCUT2D eigenvalue weighted by Crippen LogP contribution is -2.15. The number of aryl methyl sites for hydroxylation is 2. The van der Waals surface area contributed by atoms with E-state index in [-0.39, 0.29) is 5.91 Å². The molecule has 2 rings (SSSR count). The summed E-state index contributed by atoms with van der Waals surface area (Å²) in [6.45, 7) is 6.02. The van der Waals surface area contributed by atoms with Crippen molar-refractivity contribution >= 4 is 5.91 Å². The minimum atomic E-state index is -0.245. The molecule has 6 nitrogen and oxygen atoms in total. The lowest BCUT2D eigenvalue weighted by molar-refractivity contribution is 0.0941. The van der Waals surface area contributed by atoms with Crippen LogP contribution in [0.25, 0.3) is 0 Å². The molecule has 118 valence electrons. The Bertz CT molecular complexity index is 666. The molecule has 0 aliphatic carbocycles. The quantitative estimate of drug-likeness (QED) is 0.849. The Morgan fingerprint density at radius 2 is 1.73 bits per heavy atom. The van der Waals surface area contributed by atoms with Crippen LogP contribution in [0.15, 0.2) is 18.2 Å². The Morgan fingerprint density at radius 3 is 2.14 bits per heavy atom. The summed E-state index contributed by atoms with van der Waals surface area (Å²) >= 11 is 0. The second kappa shape index (κ2) is 6.51. The van der Waals surface area contributed by atoms with Crippen molar-refractivity contribution < 1.29 is 19.0 Å². The predicted molar refractivity (Wildman–Crippen MR) is 82.1 cm³/mol. The maximum atomic E-state index is 12.6. The summed E-state index contributed by atoms with van der Waals surface area (Å²) < 4.78 is 17.5. The first kappa shape index (κ1) is 15.9. The number of hydrogen-bond acceptors (Lipinski definition) is 5. The van der Waals surface area contributed by atoms with Crippen LogP contribution in [0.4, 0.5) is 0 Å². The van der Waals surface area contributed by atoms with Crippen molar-refractivity contribution in [3.05, 3.63) is 35.2 Å². The zero-order chi connectivity index (χ0) is 16.3. The lowest BCUT2D eigenvalue weighted by atomic mass is 10.1. The van der Waals surface area contributed by atoms with Crippen LogP contribution >= 0.6 is 0 Å². The van der Waals surface area contributed by atoms with Crippen molar-refractivity contribution in [3.8, 4) is 17.2 Å². The fraction of sp³-hybridized carbons (Fsp3) is 0.375. The minimum Gasteiger partial charge on any atom is -0.493 e. The lowest BCUT2D eigenvalue weighted by Gasteiger charge is -2.15. The van der Waals surface area contributed by atoms with E-state index in [4.69, 9.17) is 14.2 Å². The highest BCUT2D eigenvalue weighted by Crippen LogP contribution is 2.38. The molecule has 1 aromatic carbocycles. The van der Waals surface area contributed by atoms with Gasteiger partial charge in [0.15, 0.2) is 11.5 Å². The number of rotatable bonds is 5. The van der Waals surface area contributed by atoms with E-state index >= 15 is 0 Å². The Kier molecular flexibility index (Phi) is 4.70. The summed E-state index contributed by atoms with van der Waals surface area (Å²) in [5.74, 6) is 1.14. The van der Waals surface area contributed by atoms with Gasteiger partial charge in [0.1, 0.15) is 0 Å². The van der Waals surface area contributed by atoms with Gasteiger partial charge in [0.25, 0.3) is 5.91 Å². The van der Waals surface area contributed by atoms with Gasteiger partial charge in [0.05, 0.1) is 26.5 Å². The summed E-state index contributed by atoms with van der Waals surface area (Å²) in [5.41, 5.74) is 1.98. The van der Waals surface area contributed by atoms with E-state index in [1.165, 1.54) is 18.9 Å². The van der Waals surface area contributed by atoms with Crippen molar-refractivity contribution in [2.45, 2.75) is 20.8 Å². The first-order chi connectivity index (χ1) is 10.5. The average molecular weight is 304 g/mol. The van der Waals surface area contributed by atoms with Gasteiger partial charge in [-0.1, -0.05) is 0 Å². The number of ether oxygens (including phenoxy) is 3. The summed E-state index contributed by atoms with van der Waals surface area (Å²) in [7, 11) is 3.05. The van der Waals surface area contributed by atoms with Crippen LogP contribution in [0.5, 0.6) is 17.2 Å². The Balaban J connectivity index is 2.51. The first-order valence-corrected chi connectivity index (χ1v) is 6.98. The first-order valence-electron chi connectivity index (χ1n) is 6.98. The third-order valence-electron chi connectivity index (χ3n) is 3.20. The van der Waals surface area contributed by atoms with E-state index in [1.54, 1.807) is 12.1 Å². The van der Waals surface area contributed by atoms with Crippen LogP contribution in [0.3, 0.4) is 0 Å². The summed E-state index contributed by atoms with van der Waals surface area (Å²) in [6.07, 6.45) is 0. The third kappa shape index (κ3) is 2.90. The predicted octanol–water partition coefficient (Wildman–Crippen LogP) is 2.60. The van der Waals surface area contributed by atoms with E-state index in [2.05, 4.69) is 5.10 Å². The number of carbonyl (C=O) groups excluding carboxylic acids is 1. The van der Waals surface area contributed by atoms with Crippen LogP contribution in [-0.4, -0.2) is 36.5 Å². The molecule has 0 saturated heterocycles. The zero-order valence-corrected chi connectivity index (χ0v) is 13.5. The standard InChI is InChI=1S/C16H20N2O4/c1-6-22-15-13(20-4)8-12(9-14(15)21-5)16(19)18-11(3)7-10(2)17-18/h7-9H,6H2,1-5H3. The van der Waals surface area contributed by atoms with Crippen LogP contribution in [0, 0.1) is 13.8 Å². The molecule has 0 radical (unpaired) electrons. The SMILES string of the molecule is CCOc1c(OC)cc(C(=O)n2nc(C)cc2C)cc1OC. The molecule has 0 bridgehead atoms. The molecular formula is C16H20N2O4. The second-order valence-electron chi connectivity index (χ2n) is 4.79. The third-order valence-corrected chi connectivity index (χ3v) is 3.20. The molecule has 22 heavy (non-hydrogen) atoms. The van der Waals surface area contributed by atoms with Gasteiger partial charge in [0, 0.05) is 11.3 Å². The number of nitrogens with zero attached hydrogens (tertiary/aromatic N) is 2. The van der Waals surface area contributed by atoms with Crippen molar-refractivity contribution in [3.63, 3.8) is 0 Å². The van der Waals surface area contributed by atoms with Crippen molar-refractivity contribution in [1.82, 2.24) is 9.78 Å². The molecule has 0 N–H and O–H groups in total. The van der Waals surface area contributed by atoms with Gasteiger partial charge >= 0.3 is 0 Å². The van der Waals surface area contributed by atoms with Crippen LogP contribution in [0.1, 0.15) is 28.7 Å². The molecule has 0 atom stereocenters. The van der Waals surface area contributed by atoms with E-state index in [0.717, 1.165) is 11.4 Å². The molecule has 2 aromatic rings. The molecule has 0 saturated carbocycles. The molecule has 1 aromatic heterocycles. The largest absolute Gasteiger partial charge is 0.493 e. The molecule has 0 fully saturated rings. The van der Waals surface area contributed by atoms with E-state index < -0.39 is 0 Å². The number of methoxy groups -OCH3 is 2. The number of aromatic nitrogens is 2. The molecule has 0 aliphatic rings. The maximum Gasteiger partial charge on any atom is 0.278 e. The number of benzene rings is 1. The fourth-order valence-corrected chi connectivity index (χ4v) is 2.25. The van der Waals surface area contributed by atoms with Gasteiger partial charge in [-0.05, 0) is 39.0 Å². The van der Waals surface area contributed by atoms with Crippen molar-refractivity contribution in [2.24, 2.45) is 0 Å². The van der Waals surface area contributed by atoms with Crippen molar-refractivity contribution in [1.29, 1.82) is 0 Å². The van der Waals surface area contributed by atoms with Crippen LogP contribution in [-0.2, 0) is 0 Å². The number of hydrogen-bond donors (Lipinski definition) is 0. The maximum absolute atomic E-state index is 12.6. The molecular weight excluding hydrogens is 284 g/mol. The second-order valence-corrected chi connectivity index (χ2v) is 4.79. The summed E-state index contributed by atoms with van der Waals surface area (Å²) in [5, 5.41) is 4.21. The molecule has 0 unspecified atom stereocenters. The zero-order valence-electron chi connectivity index (χ0n) is 13.5. The summed E-state index contributed by atoms with van der Waals surface area (Å²) in [6, 6.07) is 5.11. The molecule has 1 heterocycles. The molecule has 0 amide bonds. The van der Waals surface area contributed by atoms with Gasteiger partial charge < -0.3 is 14.2 Å². The van der Waals surface area contributed by atoms with Crippen molar-refractivity contribution in [2.75, 3.05) is 20.8 Å². The van der Waals surface area contributed by atoms with Gasteiger partial charge in [-0.15, -0.1) is 0 Å². The van der Waals surface area contributed by atoms with Gasteiger partial charge in [-0.3, -0.25) is 4.79 Å². The Labute approximate surface area is 129 Å². The minimum absolute atomic E-state index is 0.245. The highest BCUT2D eigenvalue weighted by atomic mass is 16.5. The molecule has 0 aliphatic heterocycles. The van der Waals surface area contributed by atoms with Crippen LogP contribution < -0.4 is 14.2 Å². The Morgan fingerprint density at radius 1 is 1.14 bits per heavy atom. The molecule has 6 heteroatoms. The van der Waals surface area contributed by atoms with Gasteiger partial charge in [0.2, 0.25) is 5.75 Å². The van der Waals surface area contributed by atoms with Gasteiger partial charge in [-0.25, -0.2) is 4.68 Å².